The van der Waals surface area contributed by atoms with E-state index in [0.29, 0.717) is 12.1 Å². The highest BCUT2D eigenvalue weighted by Crippen LogP contribution is 2.35. The van der Waals surface area contributed by atoms with Crippen LogP contribution in [0.4, 0.5) is 4.79 Å². The molecule has 1 saturated carbocycles. The Labute approximate surface area is 236 Å². The van der Waals surface area contributed by atoms with Crippen LogP contribution < -0.4 is 10.6 Å². The van der Waals surface area contributed by atoms with Gasteiger partial charge in [-0.15, -0.1) is 0 Å². The van der Waals surface area contributed by atoms with E-state index in [1.807, 2.05) is 0 Å². The predicted molar refractivity (Wildman–Crippen MR) is 153 cm³/mol. The van der Waals surface area contributed by atoms with Crippen LogP contribution in [-0.4, -0.2) is 57.3 Å². The first-order valence-corrected chi connectivity index (χ1v) is 14.1. The highest BCUT2D eigenvalue weighted by atomic mass is 16.6. The van der Waals surface area contributed by atoms with E-state index in [9.17, 15) is 24.6 Å². The molecule has 0 heterocycles. The van der Waals surface area contributed by atoms with E-state index >= 15 is 0 Å². The Morgan fingerprint density at radius 3 is 2.30 bits per heavy atom. The first-order chi connectivity index (χ1) is 19.0. The molecule has 0 radical (unpaired) electrons. The quantitative estimate of drug-likeness (QED) is 0.275. The average Bonchev–Trinajstić information content (AvgIpc) is 2.84. The van der Waals surface area contributed by atoms with E-state index in [1.54, 1.807) is 49.9 Å². The van der Waals surface area contributed by atoms with Crippen molar-refractivity contribution in [3.05, 3.63) is 59.7 Å². The third kappa shape index (κ3) is 8.89. The van der Waals surface area contributed by atoms with E-state index in [1.165, 1.54) is 24.3 Å². The molecule has 4 N–H and O–H groups in total. The number of rotatable bonds is 12. The molecule has 2 unspecified atom stereocenters. The second kappa shape index (κ2) is 14.1. The maximum atomic E-state index is 14.4. The molecule has 218 valence electrons. The average molecular weight is 554 g/mol. The number of ether oxygens (including phenoxy) is 1. The van der Waals surface area contributed by atoms with Crippen molar-refractivity contribution in [2.75, 3.05) is 6.54 Å². The molecule has 2 aromatic carbocycles. The molecule has 40 heavy (non-hydrogen) atoms. The van der Waals surface area contributed by atoms with Gasteiger partial charge in [0.25, 0.3) is 0 Å². The summed E-state index contributed by atoms with van der Waals surface area (Å²) >= 11 is 0. The highest BCUT2D eigenvalue weighted by molar-refractivity contribution is 5.92. The minimum absolute atomic E-state index is 0.00480. The first kappa shape index (κ1) is 30.8. The molecular formula is C31H43N3O6. The van der Waals surface area contributed by atoms with Crippen LogP contribution in [0.1, 0.15) is 83.4 Å². The van der Waals surface area contributed by atoms with Crippen LogP contribution in [0.3, 0.4) is 0 Å². The summed E-state index contributed by atoms with van der Waals surface area (Å²) in [5.41, 5.74) is 0.444. The fraction of sp³-hybridized carbons (Fsp3) is 0.516. The van der Waals surface area contributed by atoms with Crippen molar-refractivity contribution in [1.82, 2.24) is 15.5 Å². The van der Waals surface area contributed by atoms with Crippen LogP contribution in [-0.2, 0) is 20.7 Å². The minimum Gasteiger partial charge on any atom is -0.508 e. The molecule has 1 aliphatic carbocycles. The fourth-order valence-corrected chi connectivity index (χ4v) is 4.70. The van der Waals surface area contributed by atoms with Crippen LogP contribution in [0.25, 0.3) is 0 Å². The third-order valence-electron chi connectivity index (χ3n) is 6.88. The van der Waals surface area contributed by atoms with Crippen molar-refractivity contribution in [3.8, 4) is 11.5 Å². The van der Waals surface area contributed by atoms with Gasteiger partial charge in [0.15, 0.2) is 0 Å². The van der Waals surface area contributed by atoms with Crippen molar-refractivity contribution < 1.29 is 29.3 Å². The van der Waals surface area contributed by atoms with Gasteiger partial charge in [-0.25, -0.2) is 4.79 Å². The first-order valence-electron chi connectivity index (χ1n) is 14.1. The summed E-state index contributed by atoms with van der Waals surface area (Å²) in [6.07, 6.45) is 4.55. The summed E-state index contributed by atoms with van der Waals surface area (Å²) in [4.78, 5) is 42.5. The van der Waals surface area contributed by atoms with Crippen LogP contribution in [0.5, 0.6) is 11.5 Å². The number of amides is 3. The number of phenolic OH excluding ortho intramolecular Hbond substituents is 2. The van der Waals surface area contributed by atoms with Crippen molar-refractivity contribution >= 4 is 17.9 Å². The standard InChI is InChI=1S/C31H43N3O6/c1-5-6-7-18-32-28(37)27(22-10-8-13-25(36)20-22)34(23-11-9-12-23)29(38)26(33-30(39)40-31(2,3)4)19-21-14-16-24(35)17-15-21/h8,10,13-17,20,23,26-27,35-36H,5-7,9,11-12,18-19H2,1-4H3,(H,32,37)(H,33,39). The summed E-state index contributed by atoms with van der Waals surface area (Å²) < 4.78 is 5.47. The molecule has 1 fully saturated rings. The molecule has 0 aliphatic heterocycles. The van der Waals surface area contributed by atoms with Gasteiger partial charge in [0.1, 0.15) is 29.2 Å². The Kier molecular flexibility index (Phi) is 10.8. The van der Waals surface area contributed by atoms with E-state index in [0.717, 1.165) is 44.1 Å². The molecule has 9 heteroatoms. The predicted octanol–water partition coefficient (Wildman–Crippen LogP) is 4.96. The summed E-state index contributed by atoms with van der Waals surface area (Å²) in [5.74, 6) is -0.662. The zero-order valence-electron chi connectivity index (χ0n) is 24.0. The van der Waals surface area contributed by atoms with Gasteiger partial charge in [-0.2, -0.15) is 0 Å². The molecule has 0 bridgehead atoms. The van der Waals surface area contributed by atoms with Gasteiger partial charge in [-0.1, -0.05) is 44.0 Å². The maximum Gasteiger partial charge on any atom is 0.408 e. The monoisotopic (exact) mass is 553 g/mol. The number of carbonyl (C=O) groups is 3. The van der Waals surface area contributed by atoms with Crippen LogP contribution in [0.2, 0.25) is 0 Å². The van der Waals surface area contributed by atoms with Crippen molar-refractivity contribution in [1.29, 1.82) is 0 Å². The molecule has 9 nitrogen and oxygen atoms in total. The number of nitrogens with zero attached hydrogens (tertiary/aromatic N) is 1. The highest BCUT2D eigenvalue weighted by Gasteiger charge is 2.42. The lowest BCUT2D eigenvalue weighted by Crippen LogP contribution is -2.58. The van der Waals surface area contributed by atoms with Crippen molar-refractivity contribution in [2.24, 2.45) is 0 Å². The van der Waals surface area contributed by atoms with E-state index in [2.05, 4.69) is 17.6 Å². The Hall–Kier alpha value is -3.75. The number of phenols is 2. The van der Waals surface area contributed by atoms with E-state index in [-0.39, 0.29) is 29.9 Å². The summed E-state index contributed by atoms with van der Waals surface area (Å²) in [5, 5.41) is 25.7. The second-order valence-corrected chi connectivity index (χ2v) is 11.4. The number of hydrogen-bond acceptors (Lipinski definition) is 6. The fourth-order valence-electron chi connectivity index (χ4n) is 4.70. The molecule has 0 saturated heterocycles. The Morgan fingerprint density at radius 1 is 1.02 bits per heavy atom. The summed E-state index contributed by atoms with van der Waals surface area (Å²) in [6, 6.07) is 10.6. The molecule has 0 spiro atoms. The van der Waals surface area contributed by atoms with Gasteiger partial charge in [0.05, 0.1) is 0 Å². The van der Waals surface area contributed by atoms with E-state index in [4.69, 9.17) is 4.74 Å². The van der Waals surface area contributed by atoms with E-state index < -0.39 is 29.7 Å². The number of unbranched alkanes of at least 4 members (excludes halogenated alkanes) is 2. The largest absolute Gasteiger partial charge is 0.508 e. The SMILES string of the molecule is CCCCCNC(=O)C(c1cccc(O)c1)N(C(=O)C(Cc1ccc(O)cc1)NC(=O)OC(C)(C)C)C1CCC1. The lowest BCUT2D eigenvalue weighted by atomic mass is 9.87. The number of alkyl carbamates (subject to hydrolysis) is 1. The summed E-state index contributed by atoms with van der Waals surface area (Å²) in [6.45, 7) is 7.78. The second-order valence-electron chi connectivity index (χ2n) is 11.4. The molecule has 0 aromatic heterocycles. The normalized spacial score (nSPS) is 14.9. The molecule has 2 aromatic rings. The zero-order chi connectivity index (χ0) is 29.3. The number of benzene rings is 2. The van der Waals surface area contributed by atoms with Crippen molar-refractivity contribution in [3.63, 3.8) is 0 Å². The third-order valence-corrected chi connectivity index (χ3v) is 6.88. The van der Waals surface area contributed by atoms with Gasteiger partial charge in [-0.05, 0) is 81.8 Å². The van der Waals surface area contributed by atoms with Gasteiger partial charge in [-0.3, -0.25) is 9.59 Å². The van der Waals surface area contributed by atoms with Crippen LogP contribution >= 0.6 is 0 Å². The Bertz CT molecular complexity index is 1140. The smallest absolute Gasteiger partial charge is 0.408 e. The molecule has 3 amide bonds. The number of carbonyl (C=O) groups excluding carboxylic acids is 3. The maximum absolute atomic E-state index is 14.4. The minimum atomic E-state index is -1.03. The number of nitrogens with one attached hydrogen (secondary N) is 2. The lowest BCUT2D eigenvalue weighted by molar-refractivity contribution is -0.147. The topological polar surface area (TPSA) is 128 Å². The lowest BCUT2D eigenvalue weighted by Gasteiger charge is -2.43. The van der Waals surface area contributed by atoms with Gasteiger partial charge >= 0.3 is 6.09 Å². The molecule has 1 aliphatic rings. The Morgan fingerprint density at radius 2 is 1.73 bits per heavy atom. The van der Waals surface area contributed by atoms with Gasteiger partial charge in [0.2, 0.25) is 11.8 Å². The Balaban J connectivity index is 1.99. The van der Waals surface area contributed by atoms with Crippen LogP contribution in [0.15, 0.2) is 48.5 Å². The number of aromatic hydroxyl groups is 2. The molecular weight excluding hydrogens is 510 g/mol. The van der Waals surface area contributed by atoms with Crippen LogP contribution in [0, 0.1) is 0 Å². The number of hydrogen-bond donors (Lipinski definition) is 4. The zero-order valence-corrected chi connectivity index (χ0v) is 24.0. The summed E-state index contributed by atoms with van der Waals surface area (Å²) in [7, 11) is 0. The molecule has 3 rings (SSSR count). The van der Waals surface area contributed by atoms with Crippen molar-refractivity contribution in [2.45, 2.75) is 96.4 Å². The van der Waals surface area contributed by atoms with Gasteiger partial charge < -0.3 is 30.5 Å². The van der Waals surface area contributed by atoms with Gasteiger partial charge in [0, 0.05) is 19.0 Å². The molecule has 2 atom stereocenters.